The second kappa shape index (κ2) is 5.08. The highest BCUT2D eigenvalue weighted by atomic mass is 32.1. The van der Waals surface area contributed by atoms with Crippen LogP contribution in [0.1, 0.15) is 19.0 Å². The van der Waals surface area contributed by atoms with Crippen LogP contribution >= 0.6 is 12.2 Å². The Morgan fingerprint density at radius 2 is 2.37 bits per heavy atom. The predicted octanol–water partition coefficient (Wildman–Crippen LogP) is 0.0732. The monoisotopic (exact) mass is 279 g/mol. The van der Waals surface area contributed by atoms with Crippen LogP contribution < -0.4 is 16.0 Å². The minimum atomic E-state index is -0.405. The fourth-order valence-corrected chi connectivity index (χ4v) is 2.37. The number of thiocarbonyl (C=S) groups is 1. The third kappa shape index (κ3) is 2.65. The molecule has 0 bridgehead atoms. The molecule has 0 aromatic carbocycles. The van der Waals surface area contributed by atoms with Crippen molar-refractivity contribution >= 4 is 29.1 Å². The predicted molar refractivity (Wildman–Crippen MR) is 76.9 cm³/mol. The van der Waals surface area contributed by atoms with Crippen molar-refractivity contribution in [2.75, 3.05) is 25.0 Å². The lowest BCUT2D eigenvalue weighted by atomic mass is 9.89. The van der Waals surface area contributed by atoms with E-state index in [9.17, 15) is 4.79 Å². The maximum absolute atomic E-state index is 11.9. The number of hydrogen-bond acceptors (Lipinski definition) is 5. The first-order chi connectivity index (χ1) is 8.96. The molecule has 1 aliphatic rings. The maximum Gasteiger partial charge on any atom is 0.227 e. The molecule has 3 N–H and O–H groups in total. The number of nitrogens with zero attached hydrogens (tertiary/aromatic N) is 3. The first kappa shape index (κ1) is 13.7. The van der Waals surface area contributed by atoms with Crippen molar-refractivity contribution in [1.82, 2.24) is 15.3 Å². The molecule has 2 rings (SSSR count). The summed E-state index contributed by atoms with van der Waals surface area (Å²) in [5.74, 6) is 0.610. The van der Waals surface area contributed by atoms with Gasteiger partial charge in [0.15, 0.2) is 0 Å². The Bertz CT molecular complexity index is 521. The zero-order valence-electron chi connectivity index (χ0n) is 11.0. The van der Waals surface area contributed by atoms with E-state index in [2.05, 4.69) is 15.3 Å². The molecule has 1 amide bonds. The number of hydrogen-bond donors (Lipinski definition) is 2. The van der Waals surface area contributed by atoms with E-state index in [1.165, 1.54) is 0 Å². The van der Waals surface area contributed by atoms with Gasteiger partial charge in [0.25, 0.3) is 0 Å². The molecule has 1 aromatic heterocycles. The Labute approximate surface area is 117 Å². The minimum Gasteiger partial charge on any atom is -0.388 e. The first-order valence-electron chi connectivity index (χ1n) is 6.06. The molecule has 19 heavy (non-hydrogen) atoms. The average Bonchev–Trinajstić information content (AvgIpc) is 2.82. The van der Waals surface area contributed by atoms with Gasteiger partial charge in [0.2, 0.25) is 11.9 Å². The molecule has 102 valence electrons. The molecular weight excluding hydrogens is 262 g/mol. The van der Waals surface area contributed by atoms with Crippen LogP contribution in [0.4, 0.5) is 5.95 Å². The van der Waals surface area contributed by atoms with Crippen LogP contribution in [0, 0.1) is 5.41 Å². The zero-order valence-corrected chi connectivity index (χ0v) is 11.8. The molecule has 1 atom stereocenters. The van der Waals surface area contributed by atoms with E-state index in [0.29, 0.717) is 18.2 Å². The Balaban J connectivity index is 2.19. The van der Waals surface area contributed by atoms with Gasteiger partial charge in [-0.1, -0.05) is 12.2 Å². The molecule has 0 saturated carbocycles. The standard InChI is InChI=1S/C12H17N5OS/c1-12(10(18)14-2)4-6-17(7-12)11-15-5-3-8(16-11)9(13)19/h3,5H,4,6-7H2,1-2H3,(H2,13,19)(H,14,18). The molecule has 1 aliphatic heterocycles. The van der Waals surface area contributed by atoms with Gasteiger partial charge in [0.1, 0.15) is 10.7 Å². The zero-order chi connectivity index (χ0) is 14.0. The second-order valence-corrected chi connectivity index (χ2v) is 5.36. The number of aromatic nitrogens is 2. The van der Waals surface area contributed by atoms with Crippen molar-refractivity contribution in [2.45, 2.75) is 13.3 Å². The summed E-state index contributed by atoms with van der Waals surface area (Å²) in [5, 5.41) is 2.70. The molecule has 0 aliphatic carbocycles. The van der Waals surface area contributed by atoms with Crippen molar-refractivity contribution in [3.8, 4) is 0 Å². The number of rotatable bonds is 3. The lowest BCUT2D eigenvalue weighted by Crippen LogP contribution is -2.39. The molecule has 1 unspecified atom stereocenters. The van der Waals surface area contributed by atoms with Crippen LogP contribution in [-0.4, -0.2) is 41.0 Å². The van der Waals surface area contributed by atoms with E-state index in [4.69, 9.17) is 18.0 Å². The molecule has 7 heteroatoms. The van der Waals surface area contributed by atoms with Crippen LogP contribution in [0.3, 0.4) is 0 Å². The lowest BCUT2D eigenvalue weighted by molar-refractivity contribution is -0.128. The Hall–Kier alpha value is -1.76. The summed E-state index contributed by atoms with van der Waals surface area (Å²) >= 11 is 4.91. The van der Waals surface area contributed by atoms with E-state index >= 15 is 0 Å². The van der Waals surface area contributed by atoms with Crippen LogP contribution in [0.2, 0.25) is 0 Å². The van der Waals surface area contributed by atoms with Gasteiger partial charge >= 0.3 is 0 Å². The molecule has 6 nitrogen and oxygen atoms in total. The molecule has 0 spiro atoms. The third-order valence-electron chi connectivity index (χ3n) is 3.43. The summed E-state index contributed by atoms with van der Waals surface area (Å²) in [7, 11) is 1.65. The van der Waals surface area contributed by atoms with Gasteiger partial charge in [-0.25, -0.2) is 9.97 Å². The Morgan fingerprint density at radius 1 is 1.63 bits per heavy atom. The van der Waals surface area contributed by atoms with Crippen LogP contribution in [-0.2, 0) is 4.79 Å². The van der Waals surface area contributed by atoms with Gasteiger partial charge in [-0.2, -0.15) is 0 Å². The quantitative estimate of drug-likeness (QED) is 0.762. The van der Waals surface area contributed by atoms with Gasteiger partial charge in [-0.15, -0.1) is 0 Å². The summed E-state index contributed by atoms with van der Waals surface area (Å²) in [6, 6.07) is 1.68. The van der Waals surface area contributed by atoms with Crippen LogP contribution in [0.5, 0.6) is 0 Å². The first-order valence-corrected chi connectivity index (χ1v) is 6.47. The number of anilines is 1. The van der Waals surface area contributed by atoms with Crippen molar-refractivity contribution in [1.29, 1.82) is 0 Å². The van der Waals surface area contributed by atoms with E-state index in [1.807, 2.05) is 11.8 Å². The topological polar surface area (TPSA) is 84.1 Å². The average molecular weight is 279 g/mol. The van der Waals surface area contributed by atoms with Gasteiger partial charge in [0.05, 0.1) is 5.41 Å². The van der Waals surface area contributed by atoms with Crippen LogP contribution in [0.15, 0.2) is 12.3 Å². The normalized spacial score (nSPS) is 22.3. The van der Waals surface area contributed by atoms with Crippen molar-refractivity contribution < 1.29 is 4.79 Å². The van der Waals surface area contributed by atoms with Gasteiger partial charge in [-0.3, -0.25) is 4.79 Å². The number of nitrogens with one attached hydrogen (secondary N) is 1. The fraction of sp³-hybridized carbons (Fsp3) is 0.500. The van der Waals surface area contributed by atoms with E-state index in [-0.39, 0.29) is 10.9 Å². The molecule has 1 fully saturated rings. The Kier molecular flexibility index (Phi) is 3.66. The maximum atomic E-state index is 11.9. The number of amides is 1. The second-order valence-electron chi connectivity index (χ2n) is 4.92. The van der Waals surface area contributed by atoms with Gasteiger partial charge < -0.3 is 16.0 Å². The lowest BCUT2D eigenvalue weighted by Gasteiger charge is -2.22. The number of carbonyl (C=O) groups is 1. The highest BCUT2D eigenvalue weighted by Crippen LogP contribution is 2.31. The van der Waals surface area contributed by atoms with Crippen molar-refractivity contribution in [2.24, 2.45) is 11.1 Å². The van der Waals surface area contributed by atoms with Gasteiger partial charge in [0, 0.05) is 26.3 Å². The molecule has 1 aromatic rings. The summed E-state index contributed by atoms with van der Waals surface area (Å²) < 4.78 is 0. The van der Waals surface area contributed by atoms with Crippen molar-refractivity contribution in [3.63, 3.8) is 0 Å². The van der Waals surface area contributed by atoms with E-state index in [1.54, 1.807) is 19.3 Å². The highest BCUT2D eigenvalue weighted by Gasteiger charge is 2.40. The highest BCUT2D eigenvalue weighted by molar-refractivity contribution is 7.80. The molecule has 0 radical (unpaired) electrons. The molecular formula is C12H17N5OS. The summed E-state index contributed by atoms with van der Waals surface area (Å²) in [5.41, 5.74) is 5.71. The summed E-state index contributed by atoms with van der Waals surface area (Å²) in [6.45, 7) is 3.28. The summed E-state index contributed by atoms with van der Waals surface area (Å²) in [6.07, 6.45) is 2.40. The Morgan fingerprint density at radius 3 is 3.00 bits per heavy atom. The van der Waals surface area contributed by atoms with Gasteiger partial charge in [-0.05, 0) is 19.4 Å². The SMILES string of the molecule is CNC(=O)C1(C)CCN(c2nccc(C(N)=S)n2)C1. The third-order valence-corrected chi connectivity index (χ3v) is 3.64. The van der Waals surface area contributed by atoms with E-state index < -0.39 is 5.41 Å². The molecule has 1 saturated heterocycles. The minimum absolute atomic E-state index is 0.0421. The fourth-order valence-electron chi connectivity index (χ4n) is 2.26. The largest absolute Gasteiger partial charge is 0.388 e. The molecule has 2 heterocycles. The number of carbonyl (C=O) groups excluding carboxylic acids is 1. The van der Waals surface area contributed by atoms with Crippen LogP contribution in [0.25, 0.3) is 0 Å². The van der Waals surface area contributed by atoms with Crippen molar-refractivity contribution in [3.05, 3.63) is 18.0 Å². The smallest absolute Gasteiger partial charge is 0.227 e. The summed E-state index contributed by atoms with van der Waals surface area (Å²) in [4.78, 5) is 22.6. The van der Waals surface area contributed by atoms with E-state index in [0.717, 1.165) is 13.0 Å². The number of nitrogens with two attached hydrogens (primary N) is 1.